The molecule has 1 atom stereocenters. The molecule has 1 amide bonds. The molecule has 0 aromatic heterocycles. The Kier molecular flexibility index (Phi) is 5.75. The van der Waals surface area contributed by atoms with Gasteiger partial charge in [0.2, 0.25) is 0 Å². The van der Waals surface area contributed by atoms with Crippen LogP contribution in [-0.4, -0.2) is 49.7 Å². The molecular formula is C22H22N4O2. The van der Waals surface area contributed by atoms with E-state index in [-0.39, 0.29) is 5.91 Å². The van der Waals surface area contributed by atoms with Gasteiger partial charge in [-0.1, -0.05) is 36.4 Å². The van der Waals surface area contributed by atoms with E-state index in [0.29, 0.717) is 25.1 Å². The van der Waals surface area contributed by atoms with Gasteiger partial charge in [0.15, 0.2) is 5.60 Å². The Balaban J connectivity index is 1.64. The van der Waals surface area contributed by atoms with Gasteiger partial charge in [0.25, 0.3) is 5.91 Å². The molecule has 0 saturated carbocycles. The van der Waals surface area contributed by atoms with Gasteiger partial charge in [-0.15, -0.1) is 0 Å². The standard InChI is InChI=1S/C22H22N4O2/c1-26-14-22(15-26,28-2)21(27)25-20(13-24)11-16-3-7-18(8-4-16)19-9-5-17(12-23)6-10-19/h3-10,20H,11,14-15H2,1-2H3,(H,25,27). The van der Waals surface area contributed by atoms with Crippen LogP contribution in [0.25, 0.3) is 11.1 Å². The third-order valence-electron chi connectivity index (χ3n) is 5.06. The van der Waals surface area contributed by atoms with E-state index >= 15 is 0 Å². The normalized spacial score (nSPS) is 16.3. The summed E-state index contributed by atoms with van der Waals surface area (Å²) in [6.07, 6.45) is 0.422. The minimum atomic E-state index is -0.858. The molecule has 3 rings (SSSR count). The van der Waals surface area contributed by atoms with Crippen LogP contribution in [0, 0.1) is 22.7 Å². The maximum absolute atomic E-state index is 12.5. The summed E-state index contributed by atoms with van der Waals surface area (Å²) in [5, 5.41) is 21.2. The molecule has 1 fully saturated rings. The molecule has 0 aliphatic carbocycles. The van der Waals surface area contributed by atoms with Gasteiger partial charge in [0, 0.05) is 26.6 Å². The Morgan fingerprint density at radius 2 is 1.71 bits per heavy atom. The average Bonchev–Trinajstić information content (AvgIpc) is 2.71. The number of hydrogen-bond donors (Lipinski definition) is 1. The summed E-state index contributed by atoms with van der Waals surface area (Å²) < 4.78 is 5.40. The van der Waals surface area contributed by atoms with E-state index in [1.165, 1.54) is 7.11 Å². The van der Waals surface area contributed by atoms with Crippen molar-refractivity contribution in [2.45, 2.75) is 18.1 Å². The fraction of sp³-hybridized carbons (Fsp3) is 0.318. The van der Waals surface area contributed by atoms with Crippen molar-refractivity contribution >= 4 is 5.91 Å². The number of likely N-dealkylation sites (tertiary alicyclic amines) is 1. The van der Waals surface area contributed by atoms with E-state index in [4.69, 9.17) is 10.00 Å². The van der Waals surface area contributed by atoms with Crippen molar-refractivity contribution in [2.24, 2.45) is 0 Å². The molecule has 1 aliphatic heterocycles. The van der Waals surface area contributed by atoms with Gasteiger partial charge in [-0.25, -0.2) is 0 Å². The average molecular weight is 374 g/mol. The van der Waals surface area contributed by atoms with E-state index < -0.39 is 11.6 Å². The van der Waals surface area contributed by atoms with Crippen molar-refractivity contribution in [1.29, 1.82) is 10.5 Å². The molecule has 6 nitrogen and oxygen atoms in total. The lowest BCUT2D eigenvalue weighted by Gasteiger charge is -2.45. The first kappa shape index (κ1) is 19.6. The van der Waals surface area contributed by atoms with Gasteiger partial charge < -0.3 is 10.1 Å². The monoisotopic (exact) mass is 374 g/mol. The van der Waals surface area contributed by atoms with Crippen molar-refractivity contribution in [2.75, 3.05) is 27.2 Å². The molecule has 0 radical (unpaired) electrons. The second kappa shape index (κ2) is 8.22. The molecule has 2 aromatic rings. The van der Waals surface area contributed by atoms with Crippen molar-refractivity contribution in [3.8, 4) is 23.3 Å². The molecule has 1 heterocycles. The lowest BCUT2D eigenvalue weighted by atomic mass is 9.92. The number of ether oxygens (including phenoxy) is 1. The van der Waals surface area contributed by atoms with Crippen molar-refractivity contribution in [1.82, 2.24) is 10.2 Å². The zero-order valence-electron chi connectivity index (χ0n) is 16.0. The van der Waals surface area contributed by atoms with Crippen LogP contribution in [0.15, 0.2) is 48.5 Å². The Bertz CT molecular complexity index is 917. The molecule has 1 saturated heterocycles. The van der Waals surface area contributed by atoms with Crippen LogP contribution in [0.5, 0.6) is 0 Å². The molecular weight excluding hydrogens is 352 g/mol. The number of rotatable bonds is 6. The summed E-state index contributed by atoms with van der Waals surface area (Å²) >= 11 is 0. The first-order valence-electron chi connectivity index (χ1n) is 9.03. The highest BCUT2D eigenvalue weighted by atomic mass is 16.5. The zero-order chi connectivity index (χ0) is 20.1. The lowest BCUT2D eigenvalue weighted by Crippen LogP contribution is -2.69. The number of amides is 1. The molecule has 28 heavy (non-hydrogen) atoms. The number of benzene rings is 2. The van der Waals surface area contributed by atoms with Crippen molar-refractivity contribution in [3.63, 3.8) is 0 Å². The Labute approximate surface area is 165 Å². The van der Waals surface area contributed by atoms with Crippen LogP contribution < -0.4 is 5.32 Å². The third kappa shape index (κ3) is 4.04. The number of carbonyl (C=O) groups is 1. The van der Waals surface area contributed by atoms with Crippen LogP contribution in [0.1, 0.15) is 11.1 Å². The van der Waals surface area contributed by atoms with Gasteiger partial charge in [0.05, 0.1) is 17.7 Å². The Morgan fingerprint density at radius 1 is 1.14 bits per heavy atom. The number of nitrogens with zero attached hydrogens (tertiary/aromatic N) is 3. The first-order chi connectivity index (χ1) is 13.5. The number of likely N-dealkylation sites (N-methyl/N-ethyl adjacent to an activating group) is 1. The molecule has 6 heteroatoms. The highest BCUT2D eigenvalue weighted by molar-refractivity contribution is 5.87. The highest BCUT2D eigenvalue weighted by Crippen LogP contribution is 2.24. The highest BCUT2D eigenvalue weighted by Gasteiger charge is 2.48. The van der Waals surface area contributed by atoms with E-state index in [1.54, 1.807) is 12.1 Å². The topological polar surface area (TPSA) is 89.1 Å². The second-order valence-electron chi connectivity index (χ2n) is 7.12. The molecule has 1 N–H and O–H groups in total. The fourth-order valence-electron chi connectivity index (χ4n) is 3.42. The Hall–Kier alpha value is -3.19. The minimum Gasteiger partial charge on any atom is -0.366 e. The van der Waals surface area contributed by atoms with Crippen LogP contribution >= 0.6 is 0 Å². The summed E-state index contributed by atoms with van der Waals surface area (Å²) in [4.78, 5) is 14.5. The molecule has 142 valence electrons. The zero-order valence-corrected chi connectivity index (χ0v) is 16.0. The first-order valence-corrected chi connectivity index (χ1v) is 9.03. The van der Waals surface area contributed by atoms with Gasteiger partial charge in [-0.2, -0.15) is 10.5 Å². The molecule has 2 aromatic carbocycles. The van der Waals surface area contributed by atoms with Gasteiger partial charge in [0.1, 0.15) is 6.04 Å². The molecule has 0 bridgehead atoms. The predicted octanol–water partition coefficient (Wildman–Crippen LogP) is 2.11. The predicted molar refractivity (Wildman–Crippen MR) is 105 cm³/mol. The summed E-state index contributed by atoms with van der Waals surface area (Å²) in [5.74, 6) is -0.242. The molecule has 1 aliphatic rings. The summed E-state index contributed by atoms with van der Waals surface area (Å²) in [6, 6.07) is 18.9. The van der Waals surface area contributed by atoms with E-state index in [9.17, 15) is 10.1 Å². The van der Waals surface area contributed by atoms with Crippen molar-refractivity contribution < 1.29 is 9.53 Å². The molecule has 1 unspecified atom stereocenters. The SMILES string of the molecule is COC1(C(=O)NC(C#N)Cc2ccc(-c3ccc(C#N)cc3)cc2)CN(C)C1. The van der Waals surface area contributed by atoms with Crippen LogP contribution in [0.3, 0.4) is 0 Å². The smallest absolute Gasteiger partial charge is 0.255 e. The fourth-order valence-corrected chi connectivity index (χ4v) is 3.42. The summed E-state index contributed by atoms with van der Waals surface area (Å²) in [6.45, 7) is 1.04. The largest absolute Gasteiger partial charge is 0.366 e. The number of carbonyl (C=O) groups excluding carboxylic acids is 1. The number of nitriles is 2. The van der Waals surface area contributed by atoms with Gasteiger partial charge in [-0.05, 0) is 35.9 Å². The summed E-state index contributed by atoms with van der Waals surface area (Å²) in [5.41, 5.74) is 2.78. The van der Waals surface area contributed by atoms with Crippen LogP contribution in [-0.2, 0) is 16.0 Å². The Morgan fingerprint density at radius 3 is 2.18 bits per heavy atom. The third-order valence-corrected chi connectivity index (χ3v) is 5.06. The number of hydrogen-bond acceptors (Lipinski definition) is 5. The van der Waals surface area contributed by atoms with Crippen LogP contribution in [0.4, 0.5) is 0 Å². The van der Waals surface area contributed by atoms with E-state index in [1.807, 2.05) is 48.3 Å². The van der Waals surface area contributed by atoms with E-state index in [0.717, 1.165) is 16.7 Å². The van der Waals surface area contributed by atoms with Crippen molar-refractivity contribution in [3.05, 3.63) is 59.7 Å². The second-order valence-corrected chi connectivity index (χ2v) is 7.12. The maximum atomic E-state index is 12.5. The van der Waals surface area contributed by atoms with Crippen LogP contribution in [0.2, 0.25) is 0 Å². The van der Waals surface area contributed by atoms with E-state index in [2.05, 4.69) is 17.5 Å². The quantitative estimate of drug-likeness (QED) is 0.836. The summed E-state index contributed by atoms with van der Waals surface area (Å²) in [7, 11) is 3.44. The van der Waals surface area contributed by atoms with Gasteiger partial charge >= 0.3 is 0 Å². The lowest BCUT2D eigenvalue weighted by molar-refractivity contribution is -0.164. The van der Waals surface area contributed by atoms with Gasteiger partial charge in [-0.3, -0.25) is 9.69 Å². The maximum Gasteiger partial charge on any atom is 0.255 e. The minimum absolute atomic E-state index is 0.242. The number of methoxy groups -OCH3 is 1. The molecule has 0 spiro atoms. The number of nitrogens with one attached hydrogen (secondary N) is 1.